The van der Waals surface area contributed by atoms with Gasteiger partial charge in [0.15, 0.2) is 0 Å². The fourth-order valence-corrected chi connectivity index (χ4v) is 4.13. The maximum absolute atomic E-state index is 13.9. The van der Waals surface area contributed by atoms with E-state index in [1.165, 1.54) is 30.5 Å². The number of benzene rings is 1. The number of aromatic nitrogens is 1. The molecule has 0 radical (unpaired) electrons. The molecule has 3 atom stereocenters. The summed E-state index contributed by atoms with van der Waals surface area (Å²) in [5.41, 5.74) is 8.51. The minimum Gasteiger partial charge on any atom is -0.492 e. The van der Waals surface area contributed by atoms with Crippen LogP contribution >= 0.6 is 15.9 Å². The molecule has 11 heteroatoms. The number of nitrogens with two attached hydrogens (primary N) is 1. The molecule has 1 fully saturated rings. The zero-order valence-corrected chi connectivity index (χ0v) is 16.3. The lowest BCUT2D eigenvalue weighted by atomic mass is 10.1. The summed E-state index contributed by atoms with van der Waals surface area (Å²) in [6.07, 6.45) is 1.31. The number of hydrazine groups is 1. The van der Waals surface area contributed by atoms with Gasteiger partial charge in [0.2, 0.25) is 0 Å². The Morgan fingerprint density at radius 1 is 1.41 bits per heavy atom. The molecule has 4 amide bonds. The summed E-state index contributed by atoms with van der Waals surface area (Å²) in [6, 6.07) is 5.49. The Labute approximate surface area is 172 Å². The van der Waals surface area contributed by atoms with Crippen LogP contribution in [0.5, 0.6) is 5.75 Å². The van der Waals surface area contributed by atoms with E-state index in [9.17, 15) is 14.0 Å². The van der Waals surface area contributed by atoms with Crippen LogP contribution in [0.2, 0.25) is 0 Å². The first-order valence-electron chi connectivity index (χ1n) is 8.53. The summed E-state index contributed by atoms with van der Waals surface area (Å²) in [5, 5.41) is 12.5. The fourth-order valence-electron chi connectivity index (χ4n) is 3.57. The number of primary amides is 1. The molecule has 3 unspecified atom stereocenters. The van der Waals surface area contributed by atoms with E-state index in [-0.39, 0.29) is 17.7 Å². The van der Waals surface area contributed by atoms with Crippen LogP contribution in [-0.4, -0.2) is 34.7 Å². The summed E-state index contributed by atoms with van der Waals surface area (Å²) in [7, 11) is 0. The van der Waals surface area contributed by atoms with Gasteiger partial charge in [0.1, 0.15) is 23.5 Å². The molecular weight excluding hydrogens is 447 g/mol. The average molecular weight is 461 g/mol. The first-order chi connectivity index (χ1) is 13.9. The second-order valence-electron chi connectivity index (χ2n) is 6.62. The van der Waals surface area contributed by atoms with Crippen LogP contribution in [0, 0.1) is 23.1 Å². The normalized spacial score (nSPS) is 20.9. The number of hydrogen-bond donors (Lipinski definition) is 3. The number of ether oxygens (including phenoxy) is 1. The Balaban J connectivity index is 1.58. The van der Waals surface area contributed by atoms with Crippen molar-refractivity contribution in [3.63, 3.8) is 0 Å². The van der Waals surface area contributed by atoms with Gasteiger partial charge in [0.25, 0.3) is 0 Å². The minimum absolute atomic E-state index is 0.136. The third kappa shape index (κ3) is 3.54. The predicted octanol–water partition coefficient (Wildman–Crippen LogP) is 2.45. The van der Waals surface area contributed by atoms with Gasteiger partial charge in [0.05, 0.1) is 22.7 Å². The highest BCUT2D eigenvalue weighted by Crippen LogP contribution is 2.57. The molecule has 1 aromatic heterocycles. The number of carbonyl (C=O) groups is 2. The zero-order chi connectivity index (χ0) is 20.7. The second kappa shape index (κ2) is 7.21. The first-order valence-corrected chi connectivity index (χ1v) is 9.32. The summed E-state index contributed by atoms with van der Waals surface area (Å²) in [5.74, 6) is -0.0890. The number of anilines is 1. The summed E-state index contributed by atoms with van der Waals surface area (Å²) < 4.78 is 20.1. The molecule has 148 valence electrons. The largest absolute Gasteiger partial charge is 0.492 e. The van der Waals surface area contributed by atoms with Crippen molar-refractivity contribution in [1.29, 1.82) is 5.26 Å². The maximum atomic E-state index is 13.9. The number of urea groups is 2. The molecular formula is C18H14BrFN6O3. The third-order valence-corrected chi connectivity index (χ3v) is 5.41. The van der Waals surface area contributed by atoms with Crippen LogP contribution in [0.3, 0.4) is 0 Å². The lowest BCUT2D eigenvalue weighted by molar-refractivity contribution is 0.169. The predicted molar refractivity (Wildman–Crippen MR) is 102 cm³/mol. The third-order valence-electron chi connectivity index (χ3n) is 4.82. The number of nitrogens with one attached hydrogen (secondary N) is 2. The van der Waals surface area contributed by atoms with E-state index in [4.69, 9.17) is 15.7 Å². The number of nitrogens with zero attached hydrogens (tertiary/aromatic N) is 3. The van der Waals surface area contributed by atoms with Crippen molar-refractivity contribution in [1.82, 2.24) is 15.4 Å². The molecule has 1 aromatic carbocycles. The molecule has 4 N–H and O–H groups in total. The van der Waals surface area contributed by atoms with E-state index >= 15 is 0 Å². The van der Waals surface area contributed by atoms with E-state index in [1.807, 2.05) is 6.07 Å². The van der Waals surface area contributed by atoms with E-state index in [0.717, 1.165) is 5.01 Å². The number of carbonyl (C=O) groups excluding carboxylic acids is 2. The molecule has 9 nitrogen and oxygen atoms in total. The Kier molecular flexibility index (Phi) is 4.71. The fraction of sp³-hybridized carbons (Fsp3) is 0.222. The molecule has 29 heavy (non-hydrogen) atoms. The van der Waals surface area contributed by atoms with Crippen molar-refractivity contribution in [2.45, 2.75) is 12.0 Å². The van der Waals surface area contributed by atoms with E-state index in [1.54, 1.807) is 0 Å². The standard InChI is InChI=1S/C18H14BrFN6O3/c19-12-4-9(20)3-10-14-11(7-29-16(10)12)15(14)26(25-17(22)27)18(28)24-13-2-1-8(5-21)6-23-13/h1-4,6,11,14-15H,7H2,(H3,22,25,27)(H,23,24,28). The van der Waals surface area contributed by atoms with Gasteiger partial charge in [-0.05, 0) is 40.2 Å². The SMILES string of the molecule is N#Cc1ccc(NC(=O)N(NC(N)=O)C2C3COc4c(Br)cc(F)cc4C32)nc1. The molecule has 1 aliphatic heterocycles. The molecule has 0 saturated heterocycles. The Bertz CT molecular complexity index is 1040. The van der Waals surface area contributed by atoms with Gasteiger partial charge in [-0.3, -0.25) is 5.32 Å². The van der Waals surface area contributed by atoms with Crippen molar-refractivity contribution in [2.24, 2.45) is 11.7 Å². The molecule has 2 heterocycles. The molecule has 1 aliphatic carbocycles. The van der Waals surface area contributed by atoms with Crippen LogP contribution in [0.15, 0.2) is 34.9 Å². The highest BCUT2D eigenvalue weighted by atomic mass is 79.9. The van der Waals surface area contributed by atoms with Crippen molar-refractivity contribution in [3.8, 4) is 11.8 Å². The molecule has 1 saturated carbocycles. The van der Waals surface area contributed by atoms with Crippen LogP contribution < -0.4 is 21.2 Å². The minimum atomic E-state index is -0.918. The first kappa shape index (κ1) is 18.9. The molecule has 0 bridgehead atoms. The van der Waals surface area contributed by atoms with Gasteiger partial charge in [0, 0.05) is 23.6 Å². The molecule has 0 spiro atoms. The lowest BCUT2D eigenvalue weighted by Crippen LogP contribution is -2.52. The Morgan fingerprint density at radius 2 is 2.21 bits per heavy atom. The summed E-state index contributed by atoms with van der Waals surface area (Å²) in [4.78, 5) is 28.2. The van der Waals surface area contributed by atoms with Gasteiger partial charge < -0.3 is 10.5 Å². The average Bonchev–Trinajstić information content (AvgIpc) is 3.41. The monoisotopic (exact) mass is 460 g/mol. The van der Waals surface area contributed by atoms with Crippen LogP contribution in [0.4, 0.5) is 19.8 Å². The van der Waals surface area contributed by atoms with Gasteiger partial charge in [-0.1, -0.05) is 0 Å². The number of rotatable bonds is 2. The van der Waals surface area contributed by atoms with Gasteiger partial charge >= 0.3 is 12.1 Å². The van der Waals surface area contributed by atoms with Crippen molar-refractivity contribution in [2.75, 3.05) is 11.9 Å². The highest BCUT2D eigenvalue weighted by molar-refractivity contribution is 9.10. The number of hydrogen-bond acceptors (Lipinski definition) is 5. The van der Waals surface area contributed by atoms with E-state index in [2.05, 4.69) is 31.7 Å². The summed E-state index contributed by atoms with van der Waals surface area (Å²) >= 11 is 3.28. The quantitative estimate of drug-likeness (QED) is 0.591. The number of halogens is 2. The maximum Gasteiger partial charge on any atom is 0.342 e. The van der Waals surface area contributed by atoms with Crippen molar-refractivity contribution >= 4 is 33.8 Å². The van der Waals surface area contributed by atoms with Crippen LogP contribution in [0.25, 0.3) is 0 Å². The number of nitriles is 1. The van der Waals surface area contributed by atoms with Gasteiger partial charge in [-0.15, -0.1) is 0 Å². The molecule has 2 aliphatic rings. The van der Waals surface area contributed by atoms with E-state index in [0.29, 0.717) is 28.0 Å². The van der Waals surface area contributed by atoms with Gasteiger partial charge in [-0.2, -0.15) is 5.26 Å². The van der Waals surface area contributed by atoms with E-state index < -0.39 is 23.9 Å². The topological polar surface area (TPSA) is 133 Å². The van der Waals surface area contributed by atoms with Crippen LogP contribution in [-0.2, 0) is 0 Å². The van der Waals surface area contributed by atoms with Crippen molar-refractivity contribution < 1.29 is 18.7 Å². The molecule has 4 rings (SSSR count). The highest BCUT2D eigenvalue weighted by Gasteiger charge is 2.60. The smallest absolute Gasteiger partial charge is 0.342 e. The number of fused-ring (bicyclic) bond motifs is 3. The summed E-state index contributed by atoms with van der Waals surface area (Å²) in [6.45, 7) is 0.298. The zero-order valence-electron chi connectivity index (χ0n) is 14.7. The van der Waals surface area contributed by atoms with Crippen molar-refractivity contribution in [3.05, 3.63) is 51.9 Å². The van der Waals surface area contributed by atoms with Crippen LogP contribution in [0.1, 0.15) is 17.0 Å². The number of amides is 4. The Hall–Kier alpha value is -3.39. The second-order valence-corrected chi connectivity index (χ2v) is 7.47. The number of pyridine rings is 1. The lowest BCUT2D eigenvalue weighted by Gasteiger charge is -2.23. The molecule has 2 aromatic rings. The van der Waals surface area contributed by atoms with Gasteiger partial charge in [-0.25, -0.2) is 29.4 Å². The Morgan fingerprint density at radius 3 is 2.86 bits per heavy atom.